The third-order valence-electron chi connectivity index (χ3n) is 5.19. The molecule has 0 radical (unpaired) electrons. The number of fused-ring (bicyclic) bond motifs is 3. The van der Waals surface area contributed by atoms with Crippen molar-refractivity contribution in [2.24, 2.45) is 4.99 Å². The minimum Gasteiger partial charge on any atom is -0.465 e. The molecule has 9 heteroatoms. The van der Waals surface area contributed by atoms with Crippen molar-refractivity contribution in [1.29, 1.82) is 0 Å². The van der Waals surface area contributed by atoms with E-state index in [2.05, 4.69) is 4.99 Å². The van der Waals surface area contributed by atoms with Gasteiger partial charge in [-0.1, -0.05) is 18.2 Å². The van der Waals surface area contributed by atoms with Gasteiger partial charge < -0.3 is 4.74 Å². The summed E-state index contributed by atoms with van der Waals surface area (Å²) in [5.74, 6) is -1.84. The van der Waals surface area contributed by atoms with Gasteiger partial charge in [0.2, 0.25) is 0 Å². The van der Waals surface area contributed by atoms with Gasteiger partial charge in [-0.3, -0.25) is 19.1 Å². The predicted octanol–water partition coefficient (Wildman–Crippen LogP) is 3.26. The van der Waals surface area contributed by atoms with Gasteiger partial charge in [-0.05, 0) is 49.2 Å². The summed E-state index contributed by atoms with van der Waals surface area (Å²) in [6.45, 7) is 2.36. The molecule has 4 rings (SSSR count). The Bertz CT molecular complexity index is 1310. The lowest BCUT2D eigenvalue weighted by Gasteiger charge is -2.16. The maximum absolute atomic E-state index is 13.5. The second-order valence-electron chi connectivity index (χ2n) is 7.02. The van der Waals surface area contributed by atoms with E-state index >= 15 is 0 Å². The SMILES string of the molecule is CCOC(=O)C1C=NCCc2c1n(C(=O)c1ccc(S(=O)(=O)F)cc1)c1ccccc21. The number of esters is 1. The molecule has 2 aromatic carbocycles. The van der Waals surface area contributed by atoms with E-state index in [0.717, 1.165) is 23.1 Å². The normalized spacial score (nSPS) is 16.0. The molecular weight excluding hydrogens is 423 g/mol. The van der Waals surface area contributed by atoms with Gasteiger partial charge in [0.25, 0.3) is 5.91 Å². The summed E-state index contributed by atoms with van der Waals surface area (Å²) in [7, 11) is -4.88. The zero-order valence-corrected chi connectivity index (χ0v) is 17.4. The Morgan fingerprint density at radius 2 is 1.87 bits per heavy atom. The van der Waals surface area contributed by atoms with Crippen LogP contribution in [0.1, 0.15) is 34.5 Å². The van der Waals surface area contributed by atoms with Crippen LogP contribution in [0.5, 0.6) is 0 Å². The number of hydrogen-bond donors (Lipinski definition) is 0. The maximum Gasteiger partial charge on any atom is 0.332 e. The predicted molar refractivity (Wildman–Crippen MR) is 113 cm³/mol. The van der Waals surface area contributed by atoms with Crippen LogP contribution in [-0.4, -0.2) is 44.2 Å². The van der Waals surface area contributed by atoms with Crippen molar-refractivity contribution in [2.75, 3.05) is 13.2 Å². The first kappa shape index (κ1) is 20.9. The monoisotopic (exact) mass is 442 g/mol. The number of carbonyl (C=O) groups is 2. The number of para-hydroxylation sites is 1. The van der Waals surface area contributed by atoms with Crippen molar-refractivity contribution in [3.8, 4) is 0 Å². The topological polar surface area (TPSA) is 94.8 Å². The van der Waals surface area contributed by atoms with Crippen LogP contribution in [0.15, 0.2) is 58.4 Å². The Balaban J connectivity index is 1.92. The molecule has 0 amide bonds. The number of nitrogens with zero attached hydrogens (tertiary/aromatic N) is 2. The van der Waals surface area contributed by atoms with Crippen LogP contribution in [0.3, 0.4) is 0 Å². The Hall–Kier alpha value is -3.33. The molecule has 160 valence electrons. The standard InChI is InChI=1S/C22H19FN2O5S/c1-2-30-22(27)18-13-24-12-11-17-16-5-3-4-6-19(16)25(20(17)18)21(26)14-7-9-15(10-8-14)31(23,28)29/h3-10,13,18H,2,11-12H2,1H3. The van der Waals surface area contributed by atoms with E-state index in [1.807, 2.05) is 12.1 Å². The highest BCUT2D eigenvalue weighted by Gasteiger charge is 2.33. The molecule has 0 N–H and O–H groups in total. The van der Waals surface area contributed by atoms with Crippen LogP contribution in [0, 0.1) is 0 Å². The average molecular weight is 442 g/mol. The van der Waals surface area contributed by atoms with Gasteiger partial charge in [0, 0.05) is 29.4 Å². The smallest absolute Gasteiger partial charge is 0.332 e. The van der Waals surface area contributed by atoms with E-state index in [1.165, 1.54) is 22.9 Å². The Morgan fingerprint density at radius 3 is 2.55 bits per heavy atom. The van der Waals surface area contributed by atoms with Crippen LogP contribution in [-0.2, 0) is 26.2 Å². The van der Waals surface area contributed by atoms with Gasteiger partial charge in [-0.15, -0.1) is 3.89 Å². The van der Waals surface area contributed by atoms with E-state index in [0.29, 0.717) is 24.2 Å². The molecule has 1 unspecified atom stereocenters. The van der Waals surface area contributed by atoms with E-state index in [1.54, 1.807) is 19.1 Å². The molecule has 0 aliphatic carbocycles. The molecule has 0 spiro atoms. The minimum absolute atomic E-state index is 0.153. The molecule has 2 heterocycles. The first-order valence-corrected chi connectivity index (χ1v) is 11.1. The highest BCUT2D eigenvalue weighted by atomic mass is 32.3. The molecule has 0 fully saturated rings. The second kappa shape index (κ2) is 8.07. The van der Waals surface area contributed by atoms with E-state index < -0.39 is 32.9 Å². The number of rotatable bonds is 4. The average Bonchev–Trinajstić information content (AvgIpc) is 2.91. The van der Waals surface area contributed by atoms with E-state index in [-0.39, 0.29) is 12.2 Å². The summed E-state index contributed by atoms with van der Waals surface area (Å²) in [5.41, 5.74) is 2.08. The zero-order valence-electron chi connectivity index (χ0n) is 16.6. The van der Waals surface area contributed by atoms with Crippen molar-refractivity contribution in [3.63, 3.8) is 0 Å². The fraction of sp³-hybridized carbons (Fsp3) is 0.227. The number of hydrogen-bond acceptors (Lipinski definition) is 6. The van der Waals surface area contributed by atoms with Crippen LogP contribution in [0.2, 0.25) is 0 Å². The van der Waals surface area contributed by atoms with Gasteiger partial charge in [-0.2, -0.15) is 8.42 Å². The van der Waals surface area contributed by atoms with Gasteiger partial charge in [-0.25, -0.2) is 0 Å². The number of ether oxygens (including phenoxy) is 1. The summed E-state index contributed by atoms with van der Waals surface area (Å²) in [4.78, 5) is 30.0. The summed E-state index contributed by atoms with van der Waals surface area (Å²) in [6, 6.07) is 11.9. The molecule has 1 atom stereocenters. The lowest BCUT2D eigenvalue weighted by Crippen LogP contribution is -2.24. The van der Waals surface area contributed by atoms with Gasteiger partial charge in [0.05, 0.1) is 17.0 Å². The molecule has 3 aromatic rings. The van der Waals surface area contributed by atoms with Crippen LogP contribution >= 0.6 is 0 Å². The van der Waals surface area contributed by atoms with Crippen molar-refractivity contribution in [3.05, 3.63) is 65.4 Å². The van der Waals surface area contributed by atoms with Crippen LogP contribution < -0.4 is 0 Å². The number of benzene rings is 2. The minimum atomic E-state index is -4.88. The first-order chi connectivity index (χ1) is 14.8. The summed E-state index contributed by atoms with van der Waals surface area (Å²) >= 11 is 0. The summed E-state index contributed by atoms with van der Waals surface area (Å²) in [6.07, 6.45) is 2.05. The van der Waals surface area contributed by atoms with Gasteiger partial charge in [0.15, 0.2) is 0 Å². The molecule has 1 aliphatic heterocycles. The fourth-order valence-corrected chi connectivity index (χ4v) is 4.32. The Kier molecular flexibility index (Phi) is 5.45. The highest BCUT2D eigenvalue weighted by molar-refractivity contribution is 7.86. The number of carbonyl (C=O) groups excluding carboxylic acids is 2. The molecule has 1 aromatic heterocycles. The maximum atomic E-state index is 13.5. The zero-order chi connectivity index (χ0) is 22.2. The van der Waals surface area contributed by atoms with E-state index in [4.69, 9.17) is 4.74 Å². The molecule has 0 saturated carbocycles. The molecule has 1 aliphatic rings. The number of aliphatic imine (C=N–C) groups is 1. The highest BCUT2D eigenvalue weighted by Crippen LogP contribution is 2.34. The molecule has 0 saturated heterocycles. The van der Waals surface area contributed by atoms with Crippen LogP contribution in [0.4, 0.5) is 3.89 Å². The molecule has 0 bridgehead atoms. The van der Waals surface area contributed by atoms with Crippen molar-refractivity contribution < 1.29 is 26.6 Å². The number of halogens is 1. The van der Waals surface area contributed by atoms with Crippen molar-refractivity contribution in [2.45, 2.75) is 24.2 Å². The largest absolute Gasteiger partial charge is 0.465 e. The third kappa shape index (κ3) is 3.76. The molecule has 7 nitrogen and oxygen atoms in total. The van der Waals surface area contributed by atoms with Crippen molar-refractivity contribution in [1.82, 2.24) is 4.57 Å². The summed E-state index contributed by atoms with van der Waals surface area (Å²) in [5, 5.41) is 0.827. The Morgan fingerprint density at radius 1 is 1.16 bits per heavy atom. The second-order valence-corrected chi connectivity index (χ2v) is 8.37. The third-order valence-corrected chi connectivity index (χ3v) is 6.02. The van der Waals surface area contributed by atoms with Crippen LogP contribution in [0.25, 0.3) is 10.9 Å². The Labute approximate surface area is 178 Å². The first-order valence-electron chi connectivity index (χ1n) is 9.71. The molecular formula is C22H19FN2O5S. The van der Waals surface area contributed by atoms with Gasteiger partial charge in [0.1, 0.15) is 5.92 Å². The lowest BCUT2D eigenvalue weighted by atomic mass is 10.00. The molecule has 31 heavy (non-hydrogen) atoms. The summed E-state index contributed by atoms with van der Waals surface area (Å²) < 4.78 is 42.1. The lowest BCUT2D eigenvalue weighted by molar-refractivity contribution is -0.143. The van der Waals surface area contributed by atoms with E-state index in [9.17, 15) is 21.9 Å². The fourth-order valence-electron chi connectivity index (χ4n) is 3.86. The van der Waals surface area contributed by atoms with Crippen molar-refractivity contribution >= 4 is 39.2 Å². The van der Waals surface area contributed by atoms with Gasteiger partial charge >= 0.3 is 16.2 Å². The quantitative estimate of drug-likeness (QED) is 0.457. The number of aromatic nitrogens is 1.